The molecule has 3 rings (SSSR count). The average Bonchev–Trinajstić information content (AvgIpc) is 2.73. The van der Waals surface area contributed by atoms with Gasteiger partial charge in [-0.3, -0.25) is 4.98 Å². The van der Waals surface area contributed by atoms with Gasteiger partial charge < -0.3 is 4.42 Å². The van der Waals surface area contributed by atoms with Gasteiger partial charge in [0.05, 0.1) is 5.56 Å². The lowest BCUT2D eigenvalue weighted by molar-refractivity contribution is 0.619. The van der Waals surface area contributed by atoms with Gasteiger partial charge in [0, 0.05) is 12.4 Å². The van der Waals surface area contributed by atoms with Crippen LogP contribution in [-0.2, 0) is 0 Å². The third-order valence-corrected chi connectivity index (χ3v) is 2.57. The normalized spacial score (nSPS) is 10.8. The molecule has 3 heterocycles. The van der Waals surface area contributed by atoms with Crippen molar-refractivity contribution in [3.05, 3.63) is 41.3 Å². The van der Waals surface area contributed by atoms with Gasteiger partial charge in [-0.05, 0) is 40.2 Å². The van der Waals surface area contributed by atoms with Crippen LogP contribution in [0.25, 0.3) is 22.7 Å². The molecular formula is C11H6BrN3O. The molecule has 0 bridgehead atoms. The van der Waals surface area contributed by atoms with Crippen molar-refractivity contribution in [1.29, 1.82) is 0 Å². The third kappa shape index (κ3) is 1.59. The first-order valence-corrected chi connectivity index (χ1v) is 5.46. The first-order valence-electron chi connectivity index (χ1n) is 4.66. The summed E-state index contributed by atoms with van der Waals surface area (Å²) in [6.45, 7) is 0. The third-order valence-electron chi connectivity index (χ3n) is 2.13. The van der Waals surface area contributed by atoms with Crippen molar-refractivity contribution in [3.8, 4) is 11.5 Å². The van der Waals surface area contributed by atoms with Crippen molar-refractivity contribution >= 4 is 27.2 Å². The first kappa shape index (κ1) is 9.47. The van der Waals surface area contributed by atoms with Crippen molar-refractivity contribution in [2.75, 3.05) is 0 Å². The van der Waals surface area contributed by atoms with Gasteiger partial charge in [0.2, 0.25) is 5.89 Å². The van der Waals surface area contributed by atoms with Crippen LogP contribution in [0.15, 0.2) is 45.7 Å². The Morgan fingerprint density at radius 2 is 2.06 bits per heavy atom. The number of nitrogens with zero attached hydrogens (tertiary/aromatic N) is 3. The van der Waals surface area contributed by atoms with Crippen molar-refractivity contribution in [1.82, 2.24) is 15.0 Å². The van der Waals surface area contributed by atoms with E-state index in [1.54, 1.807) is 12.4 Å². The Labute approximate surface area is 99.5 Å². The van der Waals surface area contributed by atoms with Crippen LogP contribution in [0, 0.1) is 0 Å². The molecule has 0 saturated heterocycles. The lowest BCUT2D eigenvalue weighted by Crippen LogP contribution is -1.79. The van der Waals surface area contributed by atoms with Crippen LogP contribution in [-0.4, -0.2) is 15.0 Å². The summed E-state index contributed by atoms with van der Waals surface area (Å²) in [5.74, 6) is 0.536. The van der Waals surface area contributed by atoms with Crippen LogP contribution in [0.3, 0.4) is 0 Å². The molecule has 0 aliphatic carbocycles. The molecule has 0 atom stereocenters. The summed E-state index contributed by atoms with van der Waals surface area (Å²) in [6, 6.07) is 7.39. The van der Waals surface area contributed by atoms with Gasteiger partial charge in [-0.15, -0.1) is 0 Å². The molecule has 0 amide bonds. The molecular weight excluding hydrogens is 270 g/mol. The van der Waals surface area contributed by atoms with E-state index < -0.39 is 0 Å². The highest BCUT2D eigenvalue weighted by atomic mass is 79.9. The fourth-order valence-corrected chi connectivity index (χ4v) is 1.71. The lowest BCUT2D eigenvalue weighted by atomic mass is 10.3. The van der Waals surface area contributed by atoms with Crippen LogP contribution in [0.5, 0.6) is 0 Å². The topological polar surface area (TPSA) is 51.8 Å². The average molecular weight is 276 g/mol. The molecule has 5 heteroatoms. The Morgan fingerprint density at radius 1 is 1.12 bits per heavy atom. The minimum absolute atomic E-state index is 0.536. The number of oxazole rings is 1. The molecule has 0 saturated carbocycles. The van der Waals surface area contributed by atoms with E-state index in [0.29, 0.717) is 17.1 Å². The molecule has 0 radical (unpaired) electrons. The fourth-order valence-electron chi connectivity index (χ4n) is 1.41. The van der Waals surface area contributed by atoms with Gasteiger partial charge in [-0.2, -0.15) is 4.98 Å². The lowest BCUT2D eigenvalue weighted by Gasteiger charge is -1.90. The molecule has 0 aromatic carbocycles. The summed E-state index contributed by atoms with van der Waals surface area (Å²) < 4.78 is 6.32. The SMILES string of the molecule is Brc1ccc2oc(-c3cccnc3)nc2n1. The summed E-state index contributed by atoms with van der Waals surface area (Å²) in [6.07, 6.45) is 3.42. The highest BCUT2D eigenvalue weighted by Gasteiger charge is 2.08. The fraction of sp³-hybridized carbons (Fsp3) is 0. The summed E-state index contributed by atoms with van der Waals surface area (Å²) in [4.78, 5) is 12.5. The van der Waals surface area contributed by atoms with Crippen LogP contribution in [0.1, 0.15) is 0 Å². The van der Waals surface area contributed by atoms with Crippen molar-refractivity contribution in [3.63, 3.8) is 0 Å². The second kappa shape index (κ2) is 3.68. The van der Waals surface area contributed by atoms with E-state index in [4.69, 9.17) is 4.42 Å². The Morgan fingerprint density at radius 3 is 2.88 bits per heavy atom. The van der Waals surface area contributed by atoms with Crippen LogP contribution >= 0.6 is 15.9 Å². The maximum absolute atomic E-state index is 5.57. The number of rotatable bonds is 1. The maximum atomic E-state index is 5.57. The molecule has 0 aliphatic heterocycles. The molecule has 78 valence electrons. The summed E-state index contributed by atoms with van der Waals surface area (Å²) in [5, 5.41) is 0. The number of aromatic nitrogens is 3. The van der Waals surface area contributed by atoms with E-state index in [1.807, 2.05) is 24.3 Å². The smallest absolute Gasteiger partial charge is 0.230 e. The maximum Gasteiger partial charge on any atom is 0.230 e. The molecule has 4 nitrogen and oxygen atoms in total. The zero-order chi connectivity index (χ0) is 11.0. The minimum atomic E-state index is 0.536. The Bertz CT molecular complexity index is 636. The quantitative estimate of drug-likeness (QED) is 0.641. The van der Waals surface area contributed by atoms with E-state index >= 15 is 0 Å². The zero-order valence-electron chi connectivity index (χ0n) is 8.09. The Balaban J connectivity index is 2.19. The van der Waals surface area contributed by atoms with Gasteiger partial charge >= 0.3 is 0 Å². The van der Waals surface area contributed by atoms with Crippen molar-refractivity contribution in [2.45, 2.75) is 0 Å². The van der Waals surface area contributed by atoms with E-state index in [9.17, 15) is 0 Å². The second-order valence-corrected chi connectivity index (χ2v) is 4.03. The number of pyridine rings is 2. The molecule has 0 spiro atoms. The Hall–Kier alpha value is -1.75. The largest absolute Gasteiger partial charge is 0.434 e. The minimum Gasteiger partial charge on any atom is -0.434 e. The van der Waals surface area contributed by atoms with Gasteiger partial charge in [-0.25, -0.2) is 4.98 Å². The predicted octanol–water partition coefficient (Wildman–Crippen LogP) is 3.05. The van der Waals surface area contributed by atoms with Gasteiger partial charge in [0.1, 0.15) is 4.60 Å². The molecule has 0 N–H and O–H groups in total. The van der Waals surface area contributed by atoms with Crippen LogP contribution in [0.4, 0.5) is 0 Å². The van der Waals surface area contributed by atoms with Gasteiger partial charge in [-0.1, -0.05) is 0 Å². The number of halogens is 1. The highest BCUT2D eigenvalue weighted by molar-refractivity contribution is 9.10. The van der Waals surface area contributed by atoms with Gasteiger partial charge in [0.25, 0.3) is 0 Å². The molecule has 0 fully saturated rings. The van der Waals surface area contributed by atoms with E-state index in [1.165, 1.54) is 0 Å². The van der Waals surface area contributed by atoms with Crippen LogP contribution < -0.4 is 0 Å². The monoisotopic (exact) mass is 275 g/mol. The summed E-state index contributed by atoms with van der Waals surface area (Å²) in [5.41, 5.74) is 2.10. The number of hydrogen-bond acceptors (Lipinski definition) is 4. The highest BCUT2D eigenvalue weighted by Crippen LogP contribution is 2.23. The number of hydrogen-bond donors (Lipinski definition) is 0. The molecule has 16 heavy (non-hydrogen) atoms. The molecule has 0 aliphatic rings. The van der Waals surface area contributed by atoms with Crippen molar-refractivity contribution in [2.24, 2.45) is 0 Å². The summed E-state index contributed by atoms with van der Waals surface area (Å²) >= 11 is 3.29. The summed E-state index contributed by atoms with van der Waals surface area (Å²) in [7, 11) is 0. The molecule has 0 unspecified atom stereocenters. The van der Waals surface area contributed by atoms with Crippen LogP contribution in [0.2, 0.25) is 0 Å². The van der Waals surface area contributed by atoms with E-state index in [2.05, 4.69) is 30.9 Å². The standard InChI is InChI=1S/C11H6BrN3O/c12-9-4-3-8-10(14-9)15-11(16-8)7-2-1-5-13-6-7/h1-6H. The second-order valence-electron chi connectivity index (χ2n) is 3.22. The van der Waals surface area contributed by atoms with E-state index in [0.717, 1.165) is 10.2 Å². The van der Waals surface area contributed by atoms with Crippen molar-refractivity contribution < 1.29 is 4.42 Å². The zero-order valence-corrected chi connectivity index (χ0v) is 9.68. The molecule has 3 aromatic heterocycles. The van der Waals surface area contributed by atoms with E-state index in [-0.39, 0.29) is 0 Å². The Kier molecular flexibility index (Phi) is 2.18. The first-order chi connectivity index (χ1) is 7.83. The number of fused-ring (bicyclic) bond motifs is 1. The van der Waals surface area contributed by atoms with Gasteiger partial charge in [0.15, 0.2) is 11.2 Å². The molecule has 3 aromatic rings. The predicted molar refractivity (Wildman–Crippen MR) is 62.7 cm³/mol.